The Hall–Kier alpha value is -4.06. The topological polar surface area (TPSA) is 67.9 Å². The molecule has 0 bridgehead atoms. The number of methoxy groups -OCH3 is 1. The van der Waals surface area contributed by atoms with Gasteiger partial charge in [-0.3, -0.25) is 9.59 Å². The van der Waals surface area contributed by atoms with E-state index in [9.17, 15) is 9.59 Å². The molecule has 4 rings (SSSR count). The summed E-state index contributed by atoms with van der Waals surface area (Å²) in [7, 11) is 1.57. The quantitative estimate of drug-likeness (QED) is 0.515. The van der Waals surface area contributed by atoms with E-state index < -0.39 is 11.8 Å². The zero-order chi connectivity index (χ0) is 23.5. The lowest BCUT2D eigenvalue weighted by Crippen LogP contribution is -2.32. The number of nitrogens with one attached hydrogen (secondary N) is 1. The molecule has 0 saturated heterocycles. The second kappa shape index (κ2) is 9.20. The highest BCUT2D eigenvalue weighted by Crippen LogP contribution is 2.36. The molecule has 6 heteroatoms. The molecule has 0 spiro atoms. The lowest BCUT2D eigenvalue weighted by molar-refractivity contribution is -0.120. The molecule has 0 unspecified atom stereocenters. The van der Waals surface area contributed by atoms with Gasteiger partial charge in [0.2, 0.25) is 0 Å². The summed E-state index contributed by atoms with van der Waals surface area (Å²) in [6.45, 7) is 6.29. The van der Waals surface area contributed by atoms with Crippen LogP contribution in [0.4, 0.5) is 11.4 Å². The van der Waals surface area contributed by atoms with Gasteiger partial charge < -0.3 is 14.8 Å². The predicted molar refractivity (Wildman–Crippen MR) is 130 cm³/mol. The summed E-state index contributed by atoms with van der Waals surface area (Å²) in [5.41, 5.74) is 4.30. The average molecular weight is 443 g/mol. The summed E-state index contributed by atoms with van der Waals surface area (Å²) in [4.78, 5) is 28.4. The Labute approximate surface area is 193 Å². The van der Waals surface area contributed by atoms with Gasteiger partial charge in [-0.1, -0.05) is 42.0 Å². The van der Waals surface area contributed by atoms with E-state index in [1.165, 1.54) is 4.90 Å². The number of imide groups is 1. The second-order valence-corrected chi connectivity index (χ2v) is 7.82. The number of rotatable bonds is 7. The van der Waals surface area contributed by atoms with Gasteiger partial charge >= 0.3 is 0 Å². The van der Waals surface area contributed by atoms with Crippen LogP contribution < -0.4 is 19.7 Å². The van der Waals surface area contributed by atoms with Crippen LogP contribution in [0.25, 0.3) is 5.57 Å². The summed E-state index contributed by atoms with van der Waals surface area (Å²) >= 11 is 0. The van der Waals surface area contributed by atoms with Gasteiger partial charge in [-0.2, -0.15) is 0 Å². The van der Waals surface area contributed by atoms with Crippen LogP contribution in [0.2, 0.25) is 0 Å². The third-order valence-corrected chi connectivity index (χ3v) is 5.43. The number of benzene rings is 3. The Balaban J connectivity index is 1.83. The Kier molecular flexibility index (Phi) is 6.18. The van der Waals surface area contributed by atoms with Crippen LogP contribution in [-0.4, -0.2) is 25.5 Å². The fourth-order valence-electron chi connectivity index (χ4n) is 3.80. The molecule has 33 heavy (non-hydrogen) atoms. The molecule has 0 aromatic heterocycles. The zero-order valence-electron chi connectivity index (χ0n) is 19.1. The number of nitrogens with zero attached hydrogens (tertiary/aromatic N) is 1. The highest BCUT2D eigenvalue weighted by molar-refractivity contribution is 6.46. The van der Waals surface area contributed by atoms with Gasteiger partial charge in [0, 0.05) is 6.07 Å². The van der Waals surface area contributed by atoms with E-state index in [4.69, 9.17) is 9.47 Å². The molecule has 0 radical (unpaired) electrons. The maximum absolute atomic E-state index is 13.6. The van der Waals surface area contributed by atoms with E-state index in [1.54, 1.807) is 31.4 Å². The van der Waals surface area contributed by atoms with E-state index in [2.05, 4.69) is 5.32 Å². The molecule has 3 aromatic rings. The minimum absolute atomic E-state index is 0.203. The van der Waals surface area contributed by atoms with Crippen LogP contribution in [-0.2, 0) is 9.59 Å². The first-order valence-electron chi connectivity index (χ1n) is 10.8. The maximum Gasteiger partial charge on any atom is 0.282 e. The molecule has 168 valence electrons. The standard InChI is InChI=1S/C27H26N2O4/c1-5-33-21-8-6-7-20(16-21)29-26(30)24(19-12-9-17(2)10-13-19)25(27(29)31)28-22-15-18(3)11-14-23(22)32-4/h6-16,28H,5H2,1-4H3. The monoisotopic (exact) mass is 442 g/mol. The fraction of sp³-hybridized carbons (Fsp3) is 0.185. The van der Waals surface area contributed by atoms with Crippen molar-refractivity contribution in [1.29, 1.82) is 0 Å². The summed E-state index contributed by atoms with van der Waals surface area (Å²) < 4.78 is 11.0. The van der Waals surface area contributed by atoms with Crippen molar-refractivity contribution in [3.63, 3.8) is 0 Å². The molecular formula is C27H26N2O4. The number of carbonyl (C=O) groups excluding carboxylic acids is 2. The first kappa shape index (κ1) is 22.1. The predicted octanol–water partition coefficient (Wildman–Crippen LogP) is 5.11. The highest BCUT2D eigenvalue weighted by atomic mass is 16.5. The van der Waals surface area contributed by atoms with Crippen LogP contribution in [0, 0.1) is 13.8 Å². The van der Waals surface area contributed by atoms with Crippen molar-refractivity contribution in [3.8, 4) is 11.5 Å². The van der Waals surface area contributed by atoms with Gasteiger partial charge in [-0.15, -0.1) is 0 Å². The molecule has 0 aliphatic carbocycles. The molecule has 3 aromatic carbocycles. The lowest BCUT2D eigenvalue weighted by Gasteiger charge is -2.17. The van der Waals surface area contributed by atoms with Crippen molar-refractivity contribution in [2.24, 2.45) is 0 Å². The van der Waals surface area contributed by atoms with Gasteiger partial charge in [0.05, 0.1) is 30.7 Å². The van der Waals surface area contributed by atoms with Crippen LogP contribution in [0.1, 0.15) is 23.6 Å². The molecule has 0 fully saturated rings. The van der Waals surface area contributed by atoms with Gasteiger partial charge in [-0.25, -0.2) is 4.90 Å². The highest BCUT2D eigenvalue weighted by Gasteiger charge is 2.40. The third-order valence-electron chi connectivity index (χ3n) is 5.43. The van der Waals surface area contributed by atoms with Crippen molar-refractivity contribution in [2.75, 3.05) is 23.9 Å². The molecule has 1 aliphatic rings. The van der Waals surface area contributed by atoms with Crippen molar-refractivity contribution in [3.05, 3.63) is 89.1 Å². The Morgan fingerprint density at radius 3 is 2.30 bits per heavy atom. The van der Waals surface area contributed by atoms with Crippen LogP contribution in [0.3, 0.4) is 0 Å². The molecule has 0 saturated carbocycles. The van der Waals surface area contributed by atoms with E-state index >= 15 is 0 Å². The molecule has 1 aliphatic heterocycles. The number of aryl methyl sites for hydroxylation is 2. The first-order valence-corrected chi connectivity index (χ1v) is 10.8. The van der Waals surface area contributed by atoms with E-state index in [-0.39, 0.29) is 5.70 Å². The molecule has 1 N–H and O–H groups in total. The van der Waals surface area contributed by atoms with Crippen molar-refractivity contribution in [2.45, 2.75) is 20.8 Å². The zero-order valence-corrected chi connectivity index (χ0v) is 19.1. The molecular weight excluding hydrogens is 416 g/mol. The lowest BCUT2D eigenvalue weighted by atomic mass is 10.0. The van der Waals surface area contributed by atoms with Crippen molar-refractivity contribution < 1.29 is 19.1 Å². The number of hydrogen-bond acceptors (Lipinski definition) is 5. The van der Waals surface area contributed by atoms with Gasteiger partial charge in [0.1, 0.15) is 17.2 Å². The SMILES string of the molecule is CCOc1cccc(N2C(=O)C(Nc3cc(C)ccc3OC)=C(c3ccc(C)cc3)C2=O)c1. The van der Waals surface area contributed by atoms with E-state index in [0.29, 0.717) is 40.6 Å². The number of ether oxygens (including phenoxy) is 2. The smallest absolute Gasteiger partial charge is 0.282 e. The molecule has 6 nitrogen and oxygen atoms in total. The minimum Gasteiger partial charge on any atom is -0.495 e. The van der Waals surface area contributed by atoms with Crippen LogP contribution >= 0.6 is 0 Å². The molecule has 0 atom stereocenters. The summed E-state index contributed by atoms with van der Waals surface area (Å²) in [6.07, 6.45) is 0. The summed E-state index contributed by atoms with van der Waals surface area (Å²) in [5.74, 6) is 0.335. The van der Waals surface area contributed by atoms with E-state index in [1.807, 2.05) is 63.2 Å². The van der Waals surface area contributed by atoms with Crippen molar-refractivity contribution >= 4 is 28.8 Å². The normalized spacial score (nSPS) is 13.5. The van der Waals surface area contributed by atoms with Gasteiger partial charge in [0.15, 0.2) is 0 Å². The Morgan fingerprint density at radius 2 is 1.61 bits per heavy atom. The van der Waals surface area contributed by atoms with Crippen LogP contribution in [0.5, 0.6) is 11.5 Å². The largest absolute Gasteiger partial charge is 0.495 e. The molecule has 2 amide bonds. The molecule has 1 heterocycles. The van der Waals surface area contributed by atoms with E-state index in [0.717, 1.165) is 11.1 Å². The third kappa shape index (κ3) is 4.32. The second-order valence-electron chi connectivity index (χ2n) is 7.82. The maximum atomic E-state index is 13.6. The summed E-state index contributed by atoms with van der Waals surface area (Å²) in [6, 6.07) is 20.2. The minimum atomic E-state index is -0.437. The summed E-state index contributed by atoms with van der Waals surface area (Å²) in [5, 5.41) is 3.20. The Bertz CT molecular complexity index is 1250. The number of hydrogen-bond donors (Lipinski definition) is 1. The fourth-order valence-corrected chi connectivity index (χ4v) is 3.80. The van der Waals surface area contributed by atoms with Gasteiger partial charge in [0.25, 0.3) is 11.8 Å². The van der Waals surface area contributed by atoms with Crippen LogP contribution in [0.15, 0.2) is 72.4 Å². The number of amides is 2. The van der Waals surface area contributed by atoms with Gasteiger partial charge in [-0.05, 0) is 56.2 Å². The number of anilines is 2. The first-order chi connectivity index (χ1) is 15.9. The Morgan fingerprint density at radius 1 is 0.879 bits per heavy atom. The van der Waals surface area contributed by atoms with Crippen molar-refractivity contribution in [1.82, 2.24) is 0 Å². The number of carbonyl (C=O) groups is 2. The average Bonchev–Trinajstić information content (AvgIpc) is 3.04.